The van der Waals surface area contributed by atoms with E-state index in [1.165, 1.54) is 24.3 Å². The van der Waals surface area contributed by atoms with E-state index in [0.717, 1.165) is 5.56 Å². The first-order valence-electron chi connectivity index (χ1n) is 6.81. The van der Waals surface area contributed by atoms with Crippen molar-refractivity contribution in [3.63, 3.8) is 0 Å². The Morgan fingerprint density at radius 1 is 1.14 bits per heavy atom. The van der Waals surface area contributed by atoms with Gasteiger partial charge in [-0.2, -0.15) is 0 Å². The highest BCUT2D eigenvalue weighted by Crippen LogP contribution is 2.12. The molecule has 0 heterocycles. The van der Waals surface area contributed by atoms with E-state index in [4.69, 9.17) is 4.74 Å². The van der Waals surface area contributed by atoms with Gasteiger partial charge in [0.25, 0.3) is 11.6 Å². The number of hydrogen-bond donors (Lipinski definition) is 1. The summed E-state index contributed by atoms with van der Waals surface area (Å²) in [4.78, 5) is 22.0. The third-order valence-electron chi connectivity index (χ3n) is 2.96. The molecule has 6 nitrogen and oxygen atoms in total. The molecule has 1 amide bonds. The lowest BCUT2D eigenvalue weighted by atomic mass is 10.2. The minimum atomic E-state index is -0.528. The van der Waals surface area contributed by atoms with Gasteiger partial charge in [0, 0.05) is 24.2 Å². The van der Waals surface area contributed by atoms with E-state index >= 15 is 0 Å². The standard InChI is InChI=1S/C16H16N2O4/c19-16(14-7-4-8-15(11-14)18(20)21)17-9-10-22-12-13-5-2-1-3-6-13/h1-8,11H,9-10,12H2,(H,17,19). The summed E-state index contributed by atoms with van der Waals surface area (Å²) < 4.78 is 5.44. The molecule has 0 aliphatic heterocycles. The van der Waals surface area contributed by atoms with Crippen molar-refractivity contribution in [3.8, 4) is 0 Å². The molecule has 6 heteroatoms. The molecule has 1 N–H and O–H groups in total. The van der Waals surface area contributed by atoms with E-state index in [1.54, 1.807) is 0 Å². The molecule has 0 unspecified atom stereocenters. The van der Waals surface area contributed by atoms with Crippen LogP contribution in [-0.4, -0.2) is 24.0 Å². The zero-order valence-corrected chi connectivity index (χ0v) is 11.9. The maximum absolute atomic E-state index is 11.9. The van der Waals surface area contributed by atoms with Gasteiger partial charge in [-0.1, -0.05) is 36.4 Å². The van der Waals surface area contributed by atoms with E-state index in [9.17, 15) is 14.9 Å². The van der Waals surface area contributed by atoms with Crippen molar-refractivity contribution in [2.45, 2.75) is 6.61 Å². The number of benzene rings is 2. The van der Waals surface area contributed by atoms with Crippen LogP contribution in [0.2, 0.25) is 0 Å². The molecule has 0 aliphatic carbocycles. The first kappa shape index (κ1) is 15.7. The van der Waals surface area contributed by atoms with Crippen LogP contribution in [0.25, 0.3) is 0 Å². The maximum atomic E-state index is 11.9. The number of nitro groups is 1. The Kier molecular flexibility index (Phi) is 5.62. The van der Waals surface area contributed by atoms with Gasteiger partial charge < -0.3 is 10.1 Å². The van der Waals surface area contributed by atoms with Crippen LogP contribution in [0.15, 0.2) is 54.6 Å². The van der Waals surface area contributed by atoms with Crippen LogP contribution in [0.1, 0.15) is 15.9 Å². The molecule has 0 aromatic heterocycles. The van der Waals surface area contributed by atoms with E-state index in [1.807, 2.05) is 30.3 Å². The summed E-state index contributed by atoms with van der Waals surface area (Å²) in [7, 11) is 0. The fraction of sp³-hybridized carbons (Fsp3) is 0.188. The largest absolute Gasteiger partial charge is 0.375 e. The van der Waals surface area contributed by atoms with Crippen LogP contribution in [0.5, 0.6) is 0 Å². The molecule has 0 spiro atoms. The summed E-state index contributed by atoms with van der Waals surface area (Å²) in [5.41, 5.74) is 1.22. The molecule has 2 aromatic carbocycles. The summed E-state index contributed by atoms with van der Waals surface area (Å²) in [6.07, 6.45) is 0. The molecule has 0 aliphatic rings. The summed E-state index contributed by atoms with van der Waals surface area (Å²) >= 11 is 0. The van der Waals surface area contributed by atoms with Crippen LogP contribution in [-0.2, 0) is 11.3 Å². The second-order valence-corrected chi connectivity index (χ2v) is 4.60. The SMILES string of the molecule is O=C(NCCOCc1ccccc1)c1cccc([N+](=O)[O-])c1. The average Bonchev–Trinajstić information content (AvgIpc) is 2.55. The summed E-state index contributed by atoms with van der Waals surface area (Å²) in [5.74, 6) is -0.355. The van der Waals surface area contributed by atoms with Gasteiger partial charge in [0.05, 0.1) is 18.1 Å². The number of amides is 1. The first-order valence-corrected chi connectivity index (χ1v) is 6.81. The Morgan fingerprint density at radius 3 is 2.64 bits per heavy atom. The van der Waals surface area contributed by atoms with E-state index in [2.05, 4.69) is 5.32 Å². The fourth-order valence-electron chi connectivity index (χ4n) is 1.86. The Hall–Kier alpha value is -2.73. The van der Waals surface area contributed by atoms with Crippen LogP contribution in [0.3, 0.4) is 0 Å². The second kappa shape index (κ2) is 7.90. The van der Waals surface area contributed by atoms with Crippen LogP contribution >= 0.6 is 0 Å². The molecule has 114 valence electrons. The molecule has 0 atom stereocenters. The van der Waals surface area contributed by atoms with Crippen molar-refractivity contribution in [2.24, 2.45) is 0 Å². The molecule has 0 bridgehead atoms. The number of nitro benzene ring substituents is 1. The zero-order chi connectivity index (χ0) is 15.8. The average molecular weight is 300 g/mol. The highest BCUT2D eigenvalue weighted by Gasteiger charge is 2.10. The number of ether oxygens (including phenoxy) is 1. The second-order valence-electron chi connectivity index (χ2n) is 4.60. The number of carbonyl (C=O) groups excluding carboxylic acids is 1. The lowest BCUT2D eigenvalue weighted by molar-refractivity contribution is -0.384. The molecular formula is C16H16N2O4. The molecule has 0 fully saturated rings. The van der Waals surface area contributed by atoms with E-state index in [-0.39, 0.29) is 17.2 Å². The summed E-state index contributed by atoms with van der Waals surface area (Å²) in [6, 6.07) is 15.3. The Labute approximate surface area is 127 Å². The van der Waals surface area contributed by atoms with Crippen molar-refractivity contribution in [3.05, 3.63) is 75.8 Å². The third-order valence-corrected chi connectivity index (χ3v) is 2.96. The molecule has 0 radical (unpaired) electrons. The third kappa shape index (κ3) is 4.68. The minimum absolute atomic E-state index is 0.104. The van der Waals surface area contributed by atoms with Crippen molar-refractivity contribution in [1.29, 1.82) is 0 Å². The predicted molar refractivity (Wildman–Crippen MR) is 81.5 cm³/mol. The number of carbonyl (C=O) groups is 1. The molecule has 0 saturated carbocycles. The fourth-order valence-corrected chi connectivity index (χ4v) is 1.86. The van der Waals surface area contributed by atoms with Gasteiger partial charge in [0.15, 0.2) is 0 Å². The van der Waals surface area contributed by atoms with Crippen molar-refractivity contribution in [1.82, 2.24) is 5.32 Å². The van der Waals surface area contributed by atoms with Gasteiger partial charge in [-0.3, -0.25) is 14.9 Å². The smallest absolute Gasteiger partial charge is 0.270 e. The minimum Gasteiger partial charge on any atom is -0.375 e. The van der Waals surface area contributed by atoms with Crippen molar-refractivity contribution < 1.29 is 14.5 Å². The lowest BCUT2D eigenvalue weighted by Gasteiger charge is -2.06. The molecule has 0 saturated heterocycles. The van der Waals surface area contributed by atoms with Crippen molar-refractivity contribution in [2.75, 3.05) is 13.2 Å². The van der Waals surface area contributed by atoms with E-state index in [0.29, 0.717) is 19.8 Å². The first-order chi connectivity index (χ1) is 10.7. The molecule has 2 rings (SSSR count). The Bertz CT molecular complexity index is 644. The van der Waals surface area contributed by atoms with Crippen molar-refractivity contribution >= 4 is 11.6 Å². The highest BCUT2D eigenvalue weighted by molar-refractivity contribution is 5.94. The van der Waals surface area contributed by atoms with Crippen LogP contribution in [0.4, 0.5) is 5.69 Å². The monoisotopic (exact) mass is 300 g/mol. The number of rotatable bonds is 7. The van der Waals surface area contributed by atoms with E-state index < -0.39 is 4.92 Å². The number of hydrogen-bond acceptors (Lipinski definition) is 4. The number of non-ortho nitro benzene ring substituents is 1. The lowest BCUT2D eigenvalue weighted by Crippen LogP contribution is -2.27. The van der Waals surface area contributed by atoms with Gasteiger partial charge in [-0.25, -0.2) is 0 Å². The molecular weight excluding hydrogens is 284 g/mol. The van der Waals surface area contributed by atoms with Gasteiger partial charge in [-0.15, -0.1) is 0 Å². The Morgan fingerprint density at radius 2 is 1.91 bits per heavy atom. The molecule has 22 heavy (non-hydrogen) atoms. The van der Waals surface area contributed by atoms with Crippen LogP contribution < -0.4 is 5.32 Å². The Balaban J connectivity index is 1.74. The number of nitrogens with zero attached hydrogens (tertiary/aromatic N) is 1. The van der Waals surface area contributed by atoms with Gasteiger partial charge in [0.2, 0.25) is 0 Å². The maximum Gasteiger partial charge on any atom is 0.270 e. The highest BCUT2D eigenvalue weighted by atomic mass is 16.6. The quantitative estimate of drug-likeness (QED) is 0.484. The topological polar surface area (TPSA) is 81.5 Å². The normalized spacial score (nSPS) is 10.2. The van der Waals surface area contributed by atoms with Gasteiger partial charge in [-0.05, 0) is 11.6 Å². The summed E-state index contributed by atoms with van der Waals surface area (Å²) in [5, 5.41) is 13.3. The number of nitrogens with one attached hydrogen (secondary N) is 1. The summed E-state index contributed by atoms with van der Waals surface area (Å²) in [6.45, 7) is 1.19. The predicted octanol–water partition coefficient (Wildman–Crippen LogP) is 2.54. The van der Waals surface area contributed by atoms with Gasteiger partial charge in [0.1, 0.15) is 0 Å². The van der Waals surface area contributed by atoms with Crippen LogP contribution in [0, 0.1) is 10.1 Å². The molecule has 2 aromatic rings. The van der Waals surface area contributed by atoms with Gasteiger partial charge >= 0.3 is 0 Å². The zero-order valence-electron chi connectivity index (χ0n) is 11.9.